The van der Waals surface area contributed by atoms with Gasteiger partial charge in [0.1, 0.15) is 66.9 Å². The molecule has 26 atom stereocenters. The molecule has 1 aromatic rings. The number of likely N-dealkylation sites (tertiary alicyclic amines) is 1. The molecule has 7 rings (SSSR count). The van der Waals surface area contributed by atoms with E-state index < -0.39 is 253 Å². The second-order valence-corrected chi connectivity index (χ2v) is 27.1. The number of carboxylic acids is 1. The molecule has 0 saturated carbocycles. The Bertz CT molecular complexity index is 3170. The minimum Gasteiger partial charge on any atom is -0.477 e. The molecule has 6 aliphatic rings. The van der Waals surface area contributed by atoms with E-state index in [2.05, 4.69) is 20.9 Å². The van der Waals surface area contributed by atoms with Gasteiger partial charge < -0.3 is 140 Å². The first-order valence-electron chi connectivity index (χ1n) is 32.1. The number of amides is 5. The lowest BCUT2D eigenvalue weighted by Crippen LogP contribution is -2.65. The molecule has 0 spiro atoms. The number of ether oxygens (including phenoxy) is 11. The summed E-state index contributed by atoms with van der Waals surface area (Å²) in [5, 5.41) is 134. The van der Waals surface area contributed by atoms with Gasteiger partial charge in [0.05, 0.1) is 68.7 Å². The summed E-state index contributed by atoms with van der Waals surface area (Å²) < 4.78 is 84.3. The van der Waals surface area contributed by atoms with Gasteiger partial charge in [-0.25, -0.2) is 18.7 Å². The summed E-state index contributed by atoms with van der Waals surface area (Å²) in [6, 6.07) is -0.0315. The molecule has 7 heterocycles. The Morgan fingerprint density at radius 3 is 2.14 bits per heavy atom. The van der Waals surface area contributed by atoms with Crippen LogP contribution in [0.1, 0.15) is 70.9 Å². The lowest BCUT2D eigenvalue weighted by molar-refractivity contribution is -0.381. The number of anilines is 1. The van der Waals surface area contributed by atoms with Crippen molar-refractivity contribution in [2.75, 3.05) is 64.7 Å². The second kappa shape index (κ2) is 38.5. The highest BCUT2D eigenvalue weighted by atomic mass is 32.2. The fraction of sp³-hybridized carbons (Fsp3) is 0.772. The van der Waals surface area contributed by atoms with Crippen LogP contribution in [-0.2, 0) is 109 Å². The molecule has 0 bridgehead atoms. The van der Waals surface area contributed by atoms with E-state index in [1.165, 1.54) is 6.07 Å². The maximum Gasteiger partial charge on any atom is 0.475 e. The second-order valence-electron chi connectivity index (χ2n) is 24.5. The molecule has 582 valence electrons. The molecule has 44 nitrogen and oxygen atoms in total. The largest absolute Gasteiger partial charge is 0.477 e. The van der Waals surface area contributed by atoms with Crippen LogP contribution in [0.15, 0.2) is 17.1 Å². The highest BCUT2D eigenvalue weighted by Gasteiger charge is 2.58. The number of hydrogen-bond donors (Lipinski definition) is 17. The van der Waals surface area contributed by atoms with Crippen LogP contribution in [-0.4, -0.2) is 334 Å². The van der Waals surface area contributed by atoms with Crippen molar-refractivity contribution in [2.45, 2.75) is 211 Å². The minimum absolute atomic E-state index is 0.0117. The summed E-state index contributed by atoms with van der Waals surface area (Å²) >= 11 is 1.08. The number of aliphatic hydroxyl groups excluding tert-OH is 11. The number of thioether (sulfide) groups is 1. The van der Waals surface area contributed by atoms with Crippen LogP contribution in [0.25, 0.3) is 0 Å². The molecule has 0 aromatic carbocycles. The van der Waals surface area contributed by atoms with Crippen molar-refractivity contribution < 1.29 is 175 Å². The zero-order chi connectivity index (χ0) is 75.8. The van der Waals surface area contributed by atoms with E-state index in [1.54, 1.807) is 0 Å². The average Bonchev–Trinajstić information content (AvgIpc) is 1.77. The first-order valence-corrected chi connectivity index (χ1v) is 34.7. The van der Waals surface area contributed by atoms with Crippen molar-refractivity contribution >= 4 is 79.6 Å². The number of aliphatic carboxylic acids is 1. The molecule has 5 amide bonds. The lowest BCUT2D eigenvalue weighted by Gasteiger charge is -2.47. The van der Waals surface area contributed by atoms with Gasteiger partial charge in [0.2, 0.25) is 42.1 Å². The van der Waals surface area contributed by atoms with Crippen molar-refractivity contribution in [3.8, 4) is 0 Å². The number of Topliss-reactive ketones (excluding diaryl/α,β-unsaturated/α-hetero) is 1. The number of carbonyl (C=O) groups is 9. The van der Waals surface area contributed by atoms with Crippen LogP contribution in [0.4, 0.5) is 5.82 Å². The molecular weight excluding hydrogens is 1440 g/mol. The summed E-state index contributed by atoms with van der Waals surface area (Å²) in [6.45, 7) is -3.23. The predicted octanol–water partition coefficient (Wildman–Crippen LogP) is -9.59. The first-order chi connectivity index (χ1) is 48.8. The normalized spacial score (nSPS) is 35.1. The summed E-state index contributed by atoms with van der Waals surface area (Å²) in [7, 11) is -4.52. The van der Waals surface area contributed by atoms with Gasteiger partial charge >= 0.3 is 19.5 Å². The van der Waals surface area contributed by atoms with E-state index in [4.69, 9.17) is 66.9 Å². The van der Waals surface area contributed by atoms with Crippen LogP contribution in [0.5, 0.6) is 0 Å². The number of hydrogen-bond acceptors (Lipinski definition) is 38. The van der Waals surface area contributed by atoms with Gasteiger partial charge in [-0.2, -0.15) is 4.98 Å². The Labute approximate surface area is 587 Å². The molecule has 46 heteroatoms. The maximum absolute atomic E-state index is 13.3. The van der Waals surface area contributed by atoms with Gasteiger partial charge in [-0.15, -0.1) is 11.8 Å². The molecule has 6 fully saturated rings. The highest BCUT2D eigenvalue weighted by molar-refractivity contribution is 8.00. The number of nitrogens with two attached hydrogens (primary N) is 1. The van der Waals surface area contributed by atoms with E-state index in [9.17, 15) is 119 Å². The van der Waals surface area contributed by atoms with Crippen LogP contribution in [0.2, 0.25) is 0 Å². The van der Waals surface area contributed by atoms with E-state index in [1.807, 2.05) is 0 Å². The molecule has 6 saturated heterocycles. The zero-order valence-electron chi connectivity index (χ0n) is 55.1. The molecule has 103 heavy (non-hydrogen) atoms. The number of aromatic nitrogens is 2. The summed E-state index contributed by atoms with van der Waals surface area (Å²) in [6.07, 6.45) is -38.3. The van der Waals surface area contributed by atoms with Crippen LogP contribution < -0.4 is 27.4 Å². The molecule has 6 aliphatic heterocycles. The average molecular weight is 1520 g/mol. The topological polar surface area (TPSA) is 654 Å². The Hall–Kier alpha value is -6.03. The Kier molecular flexibility index (Phi) is 31.5. The number of methoxy groups -OCH3 is 1. The number of imide groups is 1. The molecular formula is C57H86N7O37PS. The third kappa shape index (κ3) is 22.1. The minimum atomic E-state index is -5.68. The number of phosphoric acid groups is 1. The number of phosphoric ester groups is 1. The third-order valence-corrected chi connectivity index (χ3v) is 19.5. The molecule has 0 radical (unpaired) electrons. The highest BCUT2D eigenvalue weighted by Crippen LogP contribution is 2.52. The molecule has 18 N–H and O–H groups in total. The number of aliphatic hydroxyl groups is 11. The number of ketones is 1. The monoisotopic (exact) mass is 1520 g/mol. The van der Waals surface area contributed by atoms with E-state index >= 15 is 0 Å². The van der Waals surface area contributed by atoms with Crippen molar-refractivity contribution in [2.24, 2.45) is 5.92 Å². The SMILES string of the molecule is CO[C@@H]1C(OC=O)O[C@@H](O[C@H]2CC(NC(C)=O)[C@@H](O[C@@H]3C(OC=O)O[C@@H](OCCNC(=O)CCCN4C(=O)CC(SCCCC(=O)NCC(=O)C[C@H]5C(C[C@H](O)[C@H](O)CO)O[C@](OP(=O)(O)OC[C@H]6O[C@@H](n7ccc(N)nc7=O)C(O)[C@H]6O)(C(=O)O)C[C@H]5O)C4=O)C(O)[C@H]3O)OC2CO)C(O)[C@H]1O. The predicted molar refractivity (Wildman–Crippen MR) is 331 cm³/mol. The number of nitrogen functional groups attached to an aromatic ring is 1. The number of rotatable bonds is 39. The Morgan fingerprint density at radius 2 is 1.49 bits per heavy atom. The van der Waals surface area contributed by atoms with Crippen molar-refractivity contribution in [1.29, 1.82) is 0 Å². The first kappa shape index (κ1) is 84.2. The van der Waals surface area contributed by atoms with Crippen molar-refractivity contribution in [3.63, 3.8) is 0 Å². The summed E-state index contributed by atoms with van der Waals surface area (Å²) in [5.74, 6) is -10.6. The maximum atomic E-state index is 13.3. The fourth-order valence-electron chi connectivity index (χ4n) is 11.9. The summed E-state index contributed by atoms with van der Waals surface area (Å²) in [5.41, 5.74) is 4.49. The van der Waals surface area contributed by atoms with E-state index in [-0.39, 0.29) is 82.7 Å². The fourth-order valence-corrected chi connectivity index (χ4v) is 14.0. The van der Waals surface area contributed by atoms with Crippen LogP contribution >= 0.6 is 19.6 Å². The lowest BCUT2D eigenvalue weighted by atomic mass is 9.81. The van der Waals surface area contributed by atoms with Crippen molar-refractivity contribution in [3.05, 3.63) is 22.7 Å². The number of carbonyl (C=O) groups excluding carboxylic acids is 8. The Morgan fingerprint density at radius 1 is 0.825 bits per heavy atom. The smallest absolute Gasteiger partial charge is 0.475 e. The number of nitrogens with zero attached hydrogens (tertiary/aromatic N) is 3. The van der Waals surface area contributed by atoms with Gasteiger partial charge in [-0.3, -0.25) is 52.3 Å². The van der Waals surface area contributed by atoms with Gasteiger partial charge in [-0.1, -0.05) is 0 Å². The van der Waals surface area contributed by atoms with Gasteiger partial charge in [0.25, 0.3) is 18.7 Å². The van der Waals surface area contributed by atoms with Gasteiger partial charge in [0.15, 0.2) is 37.0 Å². The third-order valence-electron chi connectivity index (χ3n) is 17.2. The summed E-state index contributed by atoms with van der Waals surface area (Å²) in [4.78, 5) is 140. The zero-order valence-corrected chi connectivity index (χ0v) is 56.8. The van der Waals surface area contributed by atoms with Crippen molar-refractivity contribution in [1.82, 2.24) is 30.4 Å². The molecule has 10 unspecified atom stereocenters. The standard InChI is InChI=1S/C57H86N7O37PS/c1-24(69)61-27-14-32(95-52-45(82)41(78)46(89-2)53(99-52)91-22-67)33(20-66)96-50(27)97-47-42(79)44(81)51(98-54(47)92-23-68)90-11-8-59-37(74)5-3-9-63-39(76)16-35(48(63)83)103-12-4-6-38(75)60-18-25(70)13-26-29(72)17-57(55(84)85,100-31(26)15-28(71)30(73)19-65)101-102(87,88)93-21-34-40(77)43(80)49(94-34)64-10-7-36(58)62-56(64)86/h7,10,22-23,26-35,40-47,49-54,65-66,71-73,77-82H,3-6,8-9,11-21H2,1-2H3,(H,59,74)(H,60,75)(H,61,69)(H,84,85)(H,87,88)(H2,58,62,86)/t26-,27?,28+,29-,30-,31?,32+,33?,34-,35?,40+,41-,42-,43?,44?,45?,46+,47+,49-,50-,51-,52-,53?,54?,57-/m1/s1. The van der Waals surface area contributed by atoms with Gasteiger partial charge in [0, 0.05) is 84.2 Å². The van der Waals surface area contributed by atoms with E-state index in [0.717, 1.165) is 41.5 Å². The number of nitrogens with one attached hydrogen (secondary N) is 3. The van der Waals surface area contributed by atoms with E-state index in [0.29, 0.717) is 0 Å². The van der Waals surface area contributed by atoms with Crippen LogP contribution in [0, 0.1) is 5.92 Å². The van der Waals surface area contributed by atoms with Gasteiger partial charge in [-0.05, 0) is 24.7 Å². The molecule has 0 aliphatic carbocycles. The quantitative estimate of drug-likeness (QED) is 0.0126. The number of carboxylic acid groups (broad SMARTS) is 1. The van der Waals surface area contributed by atoms with Crippen LogP contribution in [0.3, 0.4) is 0 Å². The Balaban J connectivity index is 0.801. The molecule has 1 aromatic heterocycles.